The highest BCUT2D eigenvalue weighted by atomic mass is 35.5. The van der Waals surface area contributed by atoms with Crippen LogP contribution in [0.4, 0.5) is 18.9 Å². The van der Waals surface area contributed by atoms with E-state index in [1.54, 1.807) is 24.3 Å². The van der Waals surface area contributed by atoms with Gasteiger partial charge in [0, 0.05) is 24.2 Å². The lowest BCUT2D eigenvalue weighted by atomic mass is 10.1. The smallest absolute Gasteiger partial charge is 0.320 e. The molecule has 0 saturated heterocycles. The van der Waals surface area contributed by atoms with Crippen molar-refractivity contribution >= 4 is 39.9 Å². The number of carbonyl (C=O) groups excluding carboxylic acids is 2. The summed E-state index contributed by atoms with van der Waals surface area (Å²) >= 11 is 6.32. The number of fused-ring (bicyclic) bond motifs is 1. The summed E-state index contributed by atoms with van der Waals surface area (Å²) in [7, 11) is 0. The van der Waals surface area contributed by atoms with Crippen LogP contribution in [0.5, 0.6) is 0 Å². The number of nitrogens with one attached hydrogen (secondary N) is 1. The summed E-state index contributed by atoms with van der Waals surface area (Å²) in [5.41, 5.74) is -0.881. The standard InChI is InChI=1S/C26H19ClF3N7O2/c1-2-5-22(38)15-11-33-36(14-15)24-19(27)10-16(12-32-24)35-25(39)18-13-34-37(23(18)26(28,29)30)21-8-3-7-20-17(21)6-4-9-31-20/h3-4,6-14H,2,5H2,1H3,(H,35,39). The van der Waals surface area contributed by atoms with Gasteiger partial charge in [0.05, 0.1) is 51.6 Å². The van der Waals surface area contributed by atoms with Crippen LogP contribution in [-0.2, 0) is 6.18 Å². The molecule has 0 unspecified atom stereocenters. The second kappa shape index (κ2) is 10.3. The summed E-state index contributed by atoms with van der Waals surface area (Å²) in [6, 6.07) is 9.24. The molecule has 39 heavy (non-hydrogen) atoms. The molecule has 0 aliphatic rings. The number of Topliss-reactive ketones (excluding diaryl/α,β-unsaturated/α-hetero) is 1. The third kappa shape index (κ3) is 5.10. The molecule has 1 aromatic carbocycles. The molecule has 1 N–H and O–H groups in total. The van der Waals surface area contributed by atoms with Crippen LogP contribution in [0.2, 0.25) is 5.02 Å². The Morgan fingerprint density at radius 3 is 2.62 bits per heavy atom. The predicted molar refractivity (Wildman–Crippen MR) is 137 cm³/mol. The Morgan fingerprint density at radius 2 is 1.87 bits per heavy atom. The van der Waals surface area contributed by atoms with Crippen molar-refractivity contribution in [3.8, 4) is 11.5 Å². The first-order valence-corrected chi connectivity index (χ1v) is 12.1. The number of carbonyl (C=O) groups is 2. The van der Waals surface area contributed by atoms with Crippen molar-refractivity contribution in [3.05, 3.63) is 89.2 Å². The summed E-state index contributed by atoms with van der Waals surface area (Å²) in [6.07, 6.45) is 2.64. The highest BCUT2D eigenvalue weighted by Gasteiger charge is 2.41. The van der Waals surface area contributed by atoms with E-state index in [-0.39, 0.29) is 28.0 Å². The third-order valence-corrected chi connectivity index (χ3v) is 6.09. The van der Waals surface area contributed by atoms with Gasteiger partial charge in [-0.3, -0.25) is 14.6 Å². The molecule has 4 heterocycles. The molecular weight excluding hydrogens is 535 g/mol. The van der Waals surface area contributed by atoms with Crippen LogP contribution in [0.1, 0.15) is 46.2 Å². The molecule has 0 aliphatic heterocycles. The van der Waals surface area contributed by atoms with Gasteiger partial charge in [0.25, 0.3) is 5.91 Å². The van der Waals surface area contributed by atoms with Crippen LogP contribution in [0.15, 0.2) is 67.4 Å². The van der Waals surface area contributed by atoms with E-state index in [2.05, 4.69) is 25.5 Å². The first-order valence-electron chi connectivity index (χ1n) is 11.7. The van der Waals surface area contributed by atoms with E-state index in [0.717, 1.165) is 6.20 Å². The molecule has 0 fully saturated rings. The number of ketones is 1. The fourth-order valence-electron chi connectivity index (χ4n) is 4.06. The van der Waals surface area contributed by atoms with Crippen molar-refractivity contribution < 1.29 is 22.8 Å². The number of anilines is 1. The van der Waals surface area contributed by atoms with Crippen molar-refractivity contribution in [3.63, 3.8) is 0 Å². The number of aromatic nitrogens is 6. The SMILES string of the molecule is CCCC(=O)c1cnn(-c2ncc(NC(=O)c3cnn(-c4cccc5ncccc45)c3C(F)(F)F)cc2Cl)c1. The first-order chi connectivity index (χ1) is 18.7. The molecule has 5 rings (SSSR count). The number of rotatable bonds is 7. The Kier molecular flexibility index (Phi) is 6.87. The quantitative estimate of drug-likeness (QED) is 0.251. The number of hydrogen-bond acceptors (Lipinski definition) is 6. The molecule has 5 aromatic rings. The van der Waals surface area contributed by atoms with E-state index in [1.807, 2.05) is 6.92 Å². The molecule has 9 nitrogen and oxygen atoms in total. The van der Waals surface area contributed by atoms with Crippen molar-refractivity contribution in [1.82, 2.24) is 29.5 Å². The Bertz CT molecular complexity index is 1710. The van der Waals surface area contributed by atoms with Crippen LogP contribution >= 0.6 is 11.6 Å². The van der Waals surface area contributed by atoms with E-state index in [4.69, 9.17) is 11.6 Å². The van der Waals surface area contributed by atoms with Gasteiger partial charge in [-0.25, -0.2) is 14.3 Å². The maximum Gasteiger partial charge on any atom is 0.434 e. The van der Waals surface area contributed by atoms with Crippen LogP contribution in [0, 0.1) is 0 Å². The molecule has 0 saturated carbocycles. The largest absolute Gasteiger partial charge is 0.434 e. The molecule has 0 spiro atoms. The Balaban J connectivity index is 1.45. The lowest BCUT2D eigenvalue weighted by molar-refractivity contribution is -0.143. The van der Waals surface area contributed by atoms with Gasteiger partial charge in [-0.2, -0.15) is 23.4 Å². The Hall–Kier alpha value is -4.58. The predicted octanol–water partition coefficient (Wildman–Crippen LogP) is 5.91. The zero-order valence-electron chi connectivity index (χ0n) is 20.3. The molecule has 0 atom stereocenters. The van der Waals surface area contributed by atoms with Gasteiger partial charge in [-0.15, -0.1) is 0 Å². The second-order valence-electron chi connectivity index (χ2n) is 8.49. The van der Waals surface area contributed by atoms with Gasteiger partial charge in [0.1, 0.15) is 0 Å². The van der Waals surface area contributed by atoms with Gasteiger partial charge in [-0.1, -0.05) is 24.6 Å². The summed E-state index contributed by atoms with van der Waals surface area (Å²) in [4.78, 5) is 33.4. The van der Waals surface area contributed by atoms with E-state index in [1.165, 1.54) is 41.6 Å². The highest BCUT2D eigenvalue weighted by Crippen LogP contribution is 2.35. The van der Waals surface area contributed by atoms with Gasteiger partial charge in [0.15, 0.2) is 17.3 Å². The first kappa shape index (κ1) is 26.0. The van der Waals surface area contributed by atoms with E-state index < -0.39 is 23.3 Å². The molecule has 4 aromatic heterocycles. The fraction of sp³-hybridized carbons (Fsp3) is 0.154. The molecule has 0 radical (unpaired) electrons. The molecule has 198 valence electrons. The lowest BCUT2D eigenvalue weighted by Gasteiger charge is -2.14. The summed E-state index contributed by atoms with van der Waals surface area (Å²) in [5, 5.41) is 10.9. The van der Waals surface area contributed by atoms with E-state index >= 15 is 0 Å². The lowest BCUT2D eigenvalue weighted by Crippen LogP contribution is -2.21. The topological polar surface area (TPSA) is 108 Å². The number of nitrogens with zero attached hydrogens (tertiary/aromatic N) is 6. The van der Waals surface area contributed by atoms with Gasteiger partial charge in [-0.05, 0) is 36.8 Å². The number of halogens is 4. The minimum Gasteiger partial charge on any atom is -0.320 e. The summed E-state index contributed by atoms with van der Waals surface area (Å²) in [6.45, 7) is 1.89. The average Bonchev–Trinajstić information content (AvgIpc) is 3.57. The average molecular weight is 554 g/mol. The molecule has 0 aliphatic carbocycles. The van der Waals surface area contributed by atoms with Crippen molar-refractivity contribution in [2.45, 2.75) is 25.9 Å². The van der Waals surface area contributed by atoms with Gasteiger partial charge < -0.3 is 5.32 Å². The van der Waals surface area contributed by atoms with Crippen LogP contribution < -0.4 is 5.32 Å². The molecular formula is C26H19ClF3N7O2. The van der Waals surface area contributed by atoms with Crippen molar-refractivity contribution in [1.29, 1.82) is 0 Å². The fourth-order valence-corrected chi connectivity index (χ4v) is 4.31. The normalized spacial score (nSPS) is 11.6. The van der Waals surface area contributed by atoms with Crippen LogP contribution in [0.25, 0.3) is 22.4 Å². The minimum absolute atomic E-state index is 0.0541. The molecule has 0 bridgehead atoms. The highest BCUT2D eigenvalue weighted by molar-refractivity contribution is 6.32. The zero-order valence-corrected chi connectivity index (χ0v) is 21.0. The summed E-state index contributed by atoms with van der Waals surface area (Å²) < 4.78 is 44.6. The van der Waals surface area contributed by atoms with Crippen molar-refractivity contribution in [2.24, 2.45) is 0 Å². The summed E-state index contributed by atoms with van der Waals surface area (Å²) in [5.74, 6) is -0.952. The minimum atomic E-state index is -4.90. The molecule has 13 heteroatoms. The van der Waals surface area contributed by atoms with Gasteiger partial charge >= 0.3 is 6.18 Å². The van der Waals surface area contributed by atoms with Crippen LogP contribution in [-0.4, -0.2) is 41.2 Å². The third-order valence-electron chi connectivity index (χ3n) is 5.81. The van der Waals surface area contributed by atoms with E-state index in [0.29, 0.717) is 34.0 Å². The number of hydrogen-bond donors (Lipinski definition) is 1. The van der Waals surface area contributed by atoms with E-state index in [9.17, 15) is 22.8 Å². The number of pyridine rings is 2. The Labute approximate surface area is 224 Å². The Morgan fingerprint density at radius 1 is 1.05 bits per heavy atom. The molecule has 1 amide bonds. The maximum absolute atomic E-state index is 14.2. The number of alkyl halides is 3. The van der Waals surface area contributed by atoms with Crippen molar-refractivity contribution in [2.75, 3.05) is 5.32 Å². The second-order valence-corrected chi connectivity index (χ2v) is 8.90. The van der Waals surface area contributed by atoms with Crippen LogP contribution in [0.3, 0.4) is 0 Å². The van der Waals surface area contributed by atoms with Gasteiger partial charge in [0.2, 0.25) is 0 Å². The maximum atomic E-state index is 14.2. The monoisotopic (exact) mass is 553 g/mol. The number of benzene rings is 1. The number of amides is 1. The zero-order chi connectivity index (χ0) is 27.7.